The maximum atomic E-state index is 12.6. The maximum Gasteiger partial charge on any atom is 0.251 e. The average molecular weight is 376 g/mol. The third kappa shape index (κ3) is 3.86. The molecule has 28 heavy (non-hydrogen) atoms. The monoisotopic (exact) mass is 376 g/mol. The van der Waals surface area contributed by atoms with Crippen molar-refractivity contribution in [3.63, 3.8) is 0 Å². The molecule has 6 heteroatoms. The summed E-state index contributed by atoms with van der Waals surface area (Å²) in [6, 6.07) is 13.8. The van der Waals surface area contributed by atoms with Crippen molar-refractivity contribution in [2.75, 3.05) is 25.1 Å². The van der Waals surface area contributed by atoms with Crippen molar-refractivity contribution in [1.29, 1.82) is 0 Å². The van der Waals surface area contributed by atoms with Crippen LogP contribution < -0.4 is 15.0 Å². The molecule has 0 radical (unpaired) electrons. The summed E-state index contributed by atoms with van der Waals surface area (Å²) in [6.45, 7) is 2.71. The van der Waals surface area contributed by atoms with Crippen molar-refractivity contribution in [2.24, 2.45) is 0 Å². The second-order valence-electron chi connectivity index (χ2n) is 6.95. The van der Waals surface area contributed by atoms with Crippen LogP contribution in [0.15, 0.2) is 54.9 Å². The number of H-pyrrole nitrogens is 1. The first kappa shape index (κ1) is 18.1. The maximum absolute atomic E-state index is 12.6. The number of aromatic nitrogens is 2. The highest BCUT2D eigenvalue weighted by Crippen LogP contribution is 2.30. The highest BCUT2D eigenvalue weighted by atomic mass is 16.5. The van der Waals surface area contributed by atoms with Crippen LogP contribution >= 0.6 is 0 Å². The molecule has 2 heterocycles. The number of nitrogens with one attached hydrogen (secondary N) is 2. The molecule has 2 aromatic carbocycles. The quantitative estimate of drug-likeness (QED) is 0.689. The zero-order chi connectivity index (χ0) is 19.3. The number of methoxy groups -OCH3 is 1. The smallest absolute Gasteiger partial charge is 0.251 e. The Labute approximate surface area is 164 Å². The SMILES string of the molecule is COc1cc(C(=O)NCc2cccc(N3CCCC3)c2)ccc1-c1cn[nH]c1. The topological polar surface area (TPSA) is 70.2 Å². The van der Waals surface area contributed by atoms with Crippen LogP contribution in [0.2, 0.25) is 0 Å². The number of hydrogen-bond donors (Lipinski definition) is 2. The number of nitrogens with zero attached hydrogens (tertiary/aromatic N) is 2. The van der Waals surface area contributed by atoms with Gasteiger partial charge in [0.2, 0.25) is 0 Å². The molecule has 4 rings (SSSR count). The zero-order valence-corrected chi connectivity index (χ0v) is 15.9. The molecule has 0 unspecified atom stereocenters. The number of aromatic amines is 1. The Morgan fingerprint density at radius 2 is 2.07 bits per heavy atom. The highest BCUT2D eigenvalue weighted by molar-refractivity contribution is 5.95. The van der Waals surface area contributed by atoms with E-state index < -0.39 is 0 Å². The van der Waals surface area contributed by atoms with Gasteiger partial charge in [0.1, 0.15) is 5.75 Å². The van der Waals surface area contributed by atoms with Gasteiger partial charge in [-0.3, -0.25) is 9.89 Å². The molecule has 1 saturated heterocycles. The molecule has 2 N–H and O–H groups in total. The van der Waals surface area contributed by atoms with Crippen LogP contribution in [0.4, 0.5) is 5.69 Å². The second kappa shape index (κ2) is 8.17. The largest absolute Gasteiger partial charge is 0.496 e. The van der Waals surface area contributed by atoms with Crippen LogP contribution in [0.1, 0.15) is 28.8 Å². The van der Waals surface area contributed by atoms with Gasteiger partial charge in [0, 0.05) is 48.2 Å². The molecular weight excluding hydrogens is 352 g/mol. The molecule has 1 fully saturated rings. The summed E-state index contributed by atoms with van der Waals surface area (Å²) in [5.41, 5.74) is 4.71. The average Bonchev–Trinajstić information content (AvgIpc) is 3.46. The van der Waals surface area contributed by atoms with E-state index >= 15 is 0 Å². The predicted molar refractivity (Wildman–Crippen MR) is 110 cm³/mol. The molecule has 0 saturated carbocycles. The summed E-state index contributed by atoms with van der Waals surface area (Å²) in [5.74, 6) is 0.522. The Hall–Kier alpha value is -3.28. The van der Waals surface area contributed by atoms with E-state index in [1.165, 1.54) is 18.5 Å². The second-order valence-corrected chi connectivity index (χ2v) is 6.95. The van der Waals surface area contributed by atoms with Crippen LogP contribution in [0.25, 0.3) is 11.1 Å². The summed E-state index contributed by atoms with van der Waals surface area (Å²) >= 11 is 0. The van der Waals surface area contributed by atoms with Crippen LogP contribution in [0.3, 0.4) is 0 Å². The van der Waals surface area contributed by atoms with E-state index in [2.05, 4.69) is 38.6 Å². The number of ether oxygens (including phenoxy) is 1. The number of rotatable bonds is 6. The number of carbonyl (C=O) groups is 1. The molecule has 1 aliphatic rings. The number of carbonyl (C=O) groups excluding carboxylic acids is 1. The lowest BCUT2D eigenvalue weighted by atomic mass is 10.0. The van der Waals surface area contributed by atoms with Crippen molar-refractivity contribution in [3.8, 4) is 16.9 Å². The lowest BCUT2D eigenvalue weighted by Crippen LogP contribution is -2.23. The first-order chi connectivity index (χ1) is 13.7. The fourth-order valence-corrected chi connectivity index (χ4v) is 3.59. The van der Waals surface area contributed by atoms with Gasteiger partial charge in [-0.05, 0) is 48.7 Å². The van der Waals surface area contributed by atoms with Crippen molar-refractivity contribution in [1.82, 2.24) is 15.5 Å². The Morgan fingerprint density at radius 3 is 2.82 bits per heavy atom. The summed E-state index contributed by atoms with van der Waals surface area (Å²) in [4.78, 5) is 15.0. The van der Waals surface area contributed by atoms with E-state index in [0.717, 1.165) is 29.8 Å². The highest BCUT2D eigenvalue weighted by Gasteiger charge is 2.14. The Kier molecular flexibility index (Phi) is 5.28. The van der Waals surface area contributed by atoms with Gasteiger partial charge in [-0.15, -0.1) is 0 Å². The number of benzene rings is 2. The minimum Gasteiger partial charge on any atom is -0.496 e. The minimum absolute atomic E-state index is 0.122. The summed E-state index contributed by atoms with van der Waals surface area (Å²) < 4.78 is 5.47. The van der Waals surface area contributed by atoms with Crippen molar-refractivity contribution < 1.29 is 9.53 Å². The first-order valence-corrected chi connectivity index (χ1v) is 9.54. The molecule has 1 amide bonds. The molecule has 144 valence electrons. The number of amides is 1. The lowest BCUT2D eigenvalue weighted by Gasteiger charge is -2.18. The first-order valence-electron chi connectivity index (χ1n) is 9.54. The van der Waals surface area contributed by atoms with Crippen molar-refractivity contribution >= 4 is 11.6 Å². The molecule has 6 nitrogen and oxygen atoms in total. The van der Waals surface area contributed by atoms with Crippen LogP contribution in [-0.2, 0) is 6.54 Å². The lowest BCUT2D eigenvalue weighted by molar-refractivity contribution is 0.0950. The van der Waals surface area contributed by atoms with E-state index in [0.29, 0.717) is 17.9 Å². The molecule has 1 aromatic heterocycles. The summed E-state index contributed by atoms with van der Waals surface area (Å²) in [6.07, 6.45) is 6.02. The molecular formula is C22H24N4O2. The van der Waals surface area contributed by atoms with Gasteiger partial charge < -0.3 is 15.0 Å². The fraction of sp³-hybridized carbons (Fsp3) is 0.273. The third-order valence-corrected chi connectivity index (χ3v) is 5.11. The van der Waals surface area contributed by atoms with Gasteiger partial charge in [-0.25, -0.2) is 0 Å². The Morgan fingerprint density at radius 1 is 1.21 bits per heavy atom. The Bertz CT molecular complexity index is 947. The summed E-state index contributed by atoms with van der Waals surface area (Å²) in [5, 5.41) is 9.77. The van der Waals surface area contributed by atoms with Gasteiger partial charge in [-0.1, -0.05) is 12.1 Å². The van der Waals surface area contributed by atoms with Crippen LogP contribution in [-0.4, -0.2) is 36.3 Å². The molecule has 0 aliphatic carbocycles. The van der Waals surface area contributed by atoms with E-state index in [4.69, 9.17) is 4.74 Å². The van der Waals surface area contributed by atoms with Crippen LogP contribution in [0.5, 0.6) is 5.75 Å². The van der Waals surface area contributed by atoms with Gasteiger partial charge in [0.25, 0.3) is 5.91 Å². The van der Waals surface area contributed by atoms with E-state index in [1.807, 2.05) is 12.1 Å². The molecule has 0 atom stereocenters. The minimum atomic E-state index is -0.122. The van der Waals surface area contributed by atoms with E-state index in [-0.39, 0.29) is 5.91 Å². The molecule has 0 spiro atoms. The fourth-order valence-electron chi connectivity index (χ4n) is 3.59. The number of anilines is 1. The van der Waals surface area contributed by atoms with E-state index in [1.54, 1.807) is 31.6 Å². The predicted octanol–water partition coefficient (Wildman–Crippen LogP) is 3.62. The summed E-state index contributed by atoms with van der Waals surface area (Å²) in [7, 11) is 1.60. The number of hydrogen-bond acceptors (Lipinski definition) is 4. The van der Waals surface area contributed by atoms with Crippen molar-refractivity contribution in [3.05, 3.63) is 66.0 Å². The van der Waals surface area contributed by atoms with Gasteiger partial charge in [0.05, 0.1) is 13.3 Å². The Balaban J connectivity index is 1.45. The van der Waals surface area contributed by atoms with Gasteiger partial charge in [0.15, 0.2) is 0 Å². The van der Waals surface area contributed by atoms with Gasteiger partial charge >= 0.3 is 0 Å². The van der Waals surface area contributed by atoms with Crippen LogP contribution in [0, 0.1) is 0 Å². The normalized spacial score (nSPS) is 13.5. The zero-order valence-electron chi connectivity index (χ0n) is 15.9. The molecule has 3 aromatic rings. The standard InChI is InChI=1S/C22H24N4O2/c1-28-21-12-17(7-8-20(21)18-14-24-25-15-18)22(27)23-13-16-5-4-6-19(11-16)26-9-2-3-10-26/h4-8,11-12,14-15H,2-3,9-10,13H2,1H3,(H,23,27)(H,24,25). The molecule has 0 bridgehead atoms. The van der Waals surface area contributed by atoms with Gasteiger partial charge in [-0.2, -0.15) is 5.10 Å². The molecule has 1 aliphatic heterocycles. The third-order valence-electron chi connectivity index (χ3n) is 5.11. The van der Waals surface area contributed by atoms with Crippen molar-refractivity contribution in [2.45, 2.75) is 19.4 Å². The van der Waals surface area contributed by atoms with E-state index in [9.17, 15) is 4.79 Å².